The van der Waals surface area contributed by atoms with Crippen LogP contribution in [0.2, 0.25) is 0 Å². The van der Waals surface area contributed by atoms with Gasteiger partial charge in [-0.3, -0.25) is 24.1 Å². The Labute approximate surface area is 249 Å². The van der Waals surface area contributed by atoms with Gasteiger partial charge in [0, 0.05) is 32.4 Å². The fourth-order valence-electron chi connectivity index (χ4n) is 5.03. The molecule has 4 unspecified atom stereocenters. The normalized spacial score (nSPS) is 20.8. The Kier molecular flexibility index (Phi) is 13.0. The molecule has 0 bridgehead atoms. The van der Waals surface area contributed by atoms with Crippen LogP contribution >= 0.6 is 0 Å². The van der Waals surface area contributed by atoms with Gasteiger partial charge in [0.15, 0.2) is 0 Å². The highest BCUT2D eigenvalue weighted by molar-refractivity contribution is 5.94. The number of rotatable bonds is 8. The Morgan fingerprint density at radius 2 is 1.83 bits per heavy atom. The van der Waals surface area contributed by atoms with Crippen LogP contribution in [0.1, 0.15) is 71.8 Å². The third-order valence-corrected chi connectivity index (χ3v) is 7.37. The smallest absolute Gasteiger partial charge is 0.410 e. The zero-order valence-electron chi connectivity index (χ0n) is 25.8. The number of fused-ring (bicyclic) bond motifs is 1. The average molecular weight is 586 g/mol. The first-order valence-corrected chi connectivity index (χ1v) is 14.5. The molecular weight excluding hydrogens is 538 g/mol. The molecule has 11 heteroatoms. The molecule has 0 radical (unpaired) electrons. The van der Waals surface area contributed by atoms with Crippen LogP contribution < -0.4 is 16.0 Å². The van der Waals surface area contributed by atoms with E-state index < -0.39 is 35.7 Å². The number of anilines is 1. The van der Waals surface area contributed by atoms with E-state index in [0.29, 0.717) is 25.7 Å². The van der Waals surface area contributed by atoms with Gasteiger partial charge in [-0.15, -0.1) is 0 Å². The summed E-state index contributed by atoms with van der Waals surface area (Å²) in [5, 5.41) is 8.94. The van der Waals surface area contributed by atoms with Gasteiger partial charge in [-0.2, -0.15) is 0 Å². The van der Waals surface area contributed by atoms with Gasteiger partial charge in [0.25, 0.3) is 0 Å². The molecule has 4 atom stereocenters. The Balaban J connectivity index is 0.00000144. The number of likely N-dealkylation sites (N-methyl/N-ethyl adjacent to an activating group) is 1. The highest BCUT2D eigenvalue weighted by atomic mass is 16.6. The Morgan fingerprint density at radius 1 is 1.17 bits per heavy atom. The van der Waals surface area contributed by atoms with Gasteiger partial charge in [-0.25, -0.2) is 4.79 Å². The molecule has 3 rings (SSSR count). The number of aldehydes is 1. The summed E-state index contributed by atoms with van der Waals surface area (Å²) in [4.78, 5) is 64.4. The number of amides is 4. The first-order valence-electron chi connectivity index (χ1n) is 14.5. The van der Waals surface area contributed by atoms with Crippen LogP contribution in [0.15, 0.2) is 36.9 Å². The average Bonchev–Trinajstić information content (AvgIpc) is 3.38. The van der Waals surface area contributed by atoms with Crippen molar-refractivity contribution >= 4 is 35.8 Å². The van der Waals surface area contributed by atoms with Crippen molar-refractivity contribution in [3.05, 3.63) is 42.5 Å². The molecule has 2 saturated heterocycles. The summed E-state index contributed by atoms with van der Waals surface area (Å²) in [6.45, 7) is 10.4. The lowest BCUT2D eigenvalue weighted by Gasteiger charge is -2.36. The zero-order chi connectivity index (χ0) is 31.4. The highest BCUT2D eigenvalue weighted by Gasteiger charge is 2.44. The minimum Gasteiger partial charge on any atom is -0.444 e. The maximum absolute atomic E-state index is 13.7. The molecule has 11 nitrogen and oxygen atoms in total. The number of carbonyl (C=O) groups is 5. The molecule has 4 amide bonds. The van der Waals surface area contributed by atoms with Crippen molar-refractivity contribution in [1.82, 2.24) is 20.4 Å². The number of nitrogens with zero attached hydrogens (tertiary/aromatic N) is 2. The van der Waals surface area contributed by atoms with E-state index in [-0.39, 0.29) is 17.9 Å². The zero-order valence-corrected chi connectivity index (χ0v) is 25.8. The molecule has 1 aromatic rings. The molecule has 42 heavy (non-hydrogen) atoms. The molecule has 1 aromatic carbocycles. The molecule has 0 saturated carbocycles. The number of ether oxygens (including phenoxy) is 1. The third kappa shape index (κ3) is 9.88. The van der Waals surface area contributed by atoms with E-state index in [1.165, 1.54) is 18.0 Å². The number of hydrogen-bond donors (Lipinski definition) is 3. The second kappa shape index (κ2) is 15.9. The minimum atomic E-state index is -0.829. The van der Waals surface area contributed by atoms with Crippen molar-refractivity contribution in [3.63, 3.8) is 0 Å². The van der Waals surface area contributed by atoms with Crippen LogP contribution in [0, 0.1) is 0 Å². The molecule has 0 aromatic heterocycles. The van der Waals surface area contributed by atoms with Gasteiger partial charge in [-0.1, -0.05) is 31.6 Å². The van der Waals surface area contributed by atoms with Crippen molar-refractivity contribution in [2.75, 3.05) is 19.4 Å². The van der Waals surface area contributed by atoms with Crippen LogP contribution in [-0.2, 0) is 30.5 Å². The number of allylic oxidation sites excluding steroid dienone is 1. The lowest BCUT2D eigenvalue weighted by atomic mass is 9.98. The van der Waals surface area contributed by atoms with E-state index in [4.69, 9.17) is 9.53 Å². The third-order valence-electron chi connectivity index (χ3n) is 7.37. The van der Waals surface area contributed by atoms with Crippen molar-refractivity contribution in [2.45, 2.75) is 103 Å². The Bertz CT molecular complexity index is 1110. The van der Waals surface area contributed by atoms with Gasteiger partial charge >= 0.3 is 6.09 Å². The number of nitrogens with one attached hydrogen (secondary N) is 3. The van der Waals surface area contributed by atoms with Gasteiger partial charge in [0.1, 0.15) is 30.0 Å². The monoisotopic (exact) mass is 585 g/mol. The molecule has 3 N–H and O–H groups in total. The Hall–Kier alpha value is -3.89. The number of hydrogen-bond acceptors (Lipinski definition) is 7. The van der Waals surface area contributed by atoms with E-state index in [0.717, 1.165) is 36.9 Å². The fraction of sp³-hybridized carbons (Fsp3) is 0.581. The molecule has 232 valence electrons. The predicted molar refractivity (Wildman–Crippen MR) is 162 cm³/mol. The number of carbonyl (C=O) groups excluding carboxylic acids is 5. The van der Waals surface area contributed by atoms with Crippen LogP contribution in [0.3, 0.4) is 0 Å². The minimum absolute atomic E-state index is 0.0209. The molecule has 2 aliphatic heterocycles. The van der Waals surface area contributed by atoms with Crippen LogP contribution in [0.4, 0.5) is 10.5 Å². The van der Waals surface area contributed by atoms with E-state index in [1.807, 2.05) is 31.3 Å². The molecule has 2 aliphatic rings. The van der Waals surface area contributed by atoms with Gasteiger partial charge in [-0.05, 0) is 77.2 Å². The molecule has 2 heterocycles. The summed E-state index contributed by atoms with van der Waals surface area (Å²) in [6, 6.07) is 5.62. The SMILES string of the molecule is C=CC=O.CNc1cccc(CNC(=O)C2CCC3CCCCC(NC(=O)C(C)N(C)C(=O)OC(C)(C)C)C(=O)N32)c1. The topological polar surface area (TPSA) is 137 Å². The summed E-state index contributed by atoms with van der Waals surface area (Å²) >= 11 is 0. The van der Waals surface area contributed by atoms with Gasteiger partial charge in [0.05, 0.1) is 0 Å². The lowest BCUT2D eigenvalue weighted by molar-refractivity contribution is -0.144. The highest BCUT2D eigenvalue weighted by Crippen LogP contribution is 2.31. The van der Waals surface area contributed by atoms with Crippen LogP contribution in [0.25, 0.3) is 0 Å². The van der Waals surface area contributed by atoms with Crippen molar-refractivity contribution in [3.8, 4) is 0 Å². The maximum atomic E-state index is 13.7. The molecular formula is C31H47N5O6. The second-order valence-electron chi connectivity index (χ2n) is 11.6. The molecule has 0 aliphatic carbocycles. The molecule has 0 spiro atoms. The predicted octanol–water partition coefficient (Wildman–Crippen LogP) is 3.39. The fourth-order valence-corrected chi connectivity index (χ4v) is 5.03. The van der Waals surface area contributed by atoms with Gasteiger partial charge in [0.2, 0.25) is 17.7 Å². The standard InChI is InChI=1S/C28H43N5O5.C3H4O/c1-18(32(6)27(37)38-28(2,3)4)24(34)31-22-13-8-7-12-21-14-15-23(33(21)26(22)36)25(35)30-17-19-10-9-11-20(16-19)29-5;1-2-3-4/h9-11,16,18,21-23,29H,7-8,12-15,17H2,1-6H3,(H,30,35)(H,31,34);2-3H,1H2. The summed E-state index contributed by atoms with van der Waals surface area (Å²) in [7, 11) is 3.34. The van der Waals surface area contributed by atoms with Crippen molar-refractivity contribution in [2.24, 2.45) is 0 Å². The summed E-state index contributed by atoms with van der Waals surface area (Å²) in [5.41, 5.74) is 1.24. The van der Waals surface area contributed by atoms with Crippen LogP contribution in [-0.4, -0.2) is 83.8 Å². The van der Waals surface area contributed by atoms with E-state index >= 15 is 0 Å². The maximum Gasteiger partial charge on any atom is 0.410 e. The largest absolute Gasteiger partial charge is 0.444 e. The summed E-state index contributed by atoms with van der Waals surface area (Å²) in [6.07, 6.45) is 5.63. The quantitative estimate of drug-likeness (QED) is 0.314. The number of benzene rings is 1. The first-order chi connectivity index (χ1) is 19.8. The van der Waals surface area contributed by atoms with E-state index in [2.05, 4.69) is 22.5 Å². The second-order valence-corrected chi connectivity index (χ2v) is 11.6. The lowest BCUT2D eigenvalue weighted by Crippen LogP contribution is -2.58. The van der Waals surface area contributed by atoms with Crippen molar-refractivity contribution in [1.29, 1.82) is 0 Å². The van der Waals surface area contributed by atoms with Crippen LogP contribution in [0.5, 0.6) is 0 Å². The van der Waals surface area contributed by atoms with E-state index in [1.54, 1.807) is 32.6 Å². The summed E-state index contributed by atoms with van der Waals surface area (Å²) in [5.74, 6) is -0.845. The van der Waals surface area contributed by atoms with Gasteiger partial charge < -0.3 is 25.6 Å². The molecule has 2 fully saturated rings. The van der Waals surface area contributed by atoms with Crippen molar-refractivity contribution < 1.29 is 28.7 Å². The van der Waals surface area contributed by atoms with E-state index in [9.17, 15) is 19.2 Å². The summed E-state index contributed by atoms with van der Waals surface area (Å²) < 4.78 is 5.37. The Morgan fingerprint density at radius 3 is 2.45 bits per heavy atom. The first kappa shape index (κ1) is 34.3.